The number of ether oxygens (including phenoxy) is 1. The zero-order valence-electron chi connectivity index (χ0n) is 9.83. The molecule has 1 aromatic carbocycles. The van der Waals surface area contributed by atoms with Crippen molar-refractivity contribution in [3.05, 3.63) is 42.1 Å². The van der Waals surface area contributed by atoms with Crippen molar-refractivity contribution in [1.29, 1.82) is 0 Å². The predicted molar refractivity (Wildman–Crippen MR) is 65.6 cm³/mol. The van der Waals surface area contributed by atoms with E-state index in [1.54, 1.807) is 6.07 Å². The second kappa shape index (κ2) is 5.27. The van der Waals surface area contributed by atoms with E-state index in [1.807, 2.05) is 31.2 Å². The summed E-state index contributed by atoms with van der Waals surface area (Å²) in [4.78, 5) is 10.6. The number of aromatic nitrogens is 2. The number of carboxylic acid groups (broad SMARTS) is 1. The maximum atomic E-state index is 10.6. The Morgan fingerprint density at radius 1 is 1.17 bits per heavy atom. The SMILES string of the molecule is CCOc1ccc(-c2ccc(C(=O)O)nn2)cc1. The third kappa shape index (κ3) is 2.63. The zero-order valence-corrected chi connectivity index (χ0v) is 9.83. The van der Waals surface area contributed by atoms with Crippen molar-refractivity contribution in [2.24, 2.45) is 0 Å². The van der Waals surface area contributed by atoms with E-state index in [0.29, 0.717) is 12.3 Å². The van der Waals surface area contributed by atoms with Crippen molar-refractivity contribution in [2.75, 3.05) is 6.61 Å². The van der Waals surface area contributed by atoms with Gasteiger partial charge < -0.3 is 9.84 Å². The Kier molecular flexibility index (Phi) is 3.52. The number of benzene rings is 1. The van der Waals surface area contributed by atoms with Gasteiger partial charge in [-0.15, -0.1) is 10.2 Å². The van der Waals surface area contributed by atoms with Gasteiger partial charge >= 0.3 is 5.97 Å². The highest BCUT2D eigenvalue weighted by molar-refractivity contribution is 5.85. The standard InChI is InChI=1S/C13H12N2O3/c1-2-18-10-5-3-9(4-6-10)11-7-8-12(13(16)17)15-14-11/h3-8H,2H2,1H3,(H,16,17). The summed E-state index contributed by atoms with van der Waals surface area (Å²) in [6.07, 6.45) is 0. The van der Waals surface area contributed by atoms with Crippen LogP contribution in [0.1, 0.15) is 17.4 Å². The molecule has 0 aliphatic heterocycles. The van der Waals surface area contributed by atoms with E-state index in [9.17, 15) is 4.79 Å². The number of aromatic carboxylic acids is 1. The van der Waals surface area contributed by atoms with Crippen LogP contribution in [0.2, 0.25) is 0 Å². The van der Waals surface area contributed by atoms with Gasteiger partial charge in [0, 0.05) is 5.56 Å². The monoisotopic (exact) mass is 244 g/mol. The maximum absolute atomic E-state index is 10.6. The first-order chi connectivity index (χ1) is 8.70. The summed E-state index contributed by atoms with van der Waals surface area (Å²) in [7, 11) is 0. The van der Waals surface area contributed by atoms with Crippen LogP contribution in [-0.2, 0) is 0 Å². The second-order valence-electron chi connectivity index (χ2n) is 3.57. The molecule has 0 amide bonds. The predicted octanol–water partition coefficient (Wildman–Crippen LogP) is 2.24. The topological polar surface area (TPSA) is 72.3 Å². The minimum absolute atomic E-state index is 0.0651. The minimum Gasteiger partial charge on any atom is -0.494 e. The second-order valence-corrected chi connectivity index (χ2v) is 3.57. The van der Waals surface area contributed by atoms with Crippen LogP contribution in [0.4, 0.5) is 0 Å². The summed E-state index contributed by atoms with van der Waals surface area (Å²) in [6.45, 7) is 2.54. The van der Waals surface area contributed by atoms with Crippen molar-refractivity contribution in [3.8, 4) is 17.0 Å². The Morgan fingerprint density at radius 3 is 2.39 bits per heavy atom. The highest BCUT2D eigenvalue weighted by atomic mass is 16.5. The van der Waals surface area contributed by atoms with E-state index >= 15 is 0 Å². The molecule has 1 heterocycles. The van der Waals surface area contributed by atoms with Crippen LogP contribution in [0.3, 0.4) is 0 Å². The van der Waals surface area contributed by atoms with Crippen LogP contribution in [0.25, 0.3) is 11.3 Å². The summed E-state index contributed by atoms with van der Waals surface area (Å²) in [6, 6.07) is 10.5. The average Bonchev–Trinajstić information content (AvgIpc) is 2.40. The van der Waals surface area contributed by atoms with Crippen molar-refractivity contribution < 1.29 is 14.6 Å². The molecule has 0 spiro atoms. The number of hydrogen-bond donors (Lipinski definition) is 1. The number of hydrogen-bond acceptors (Lipinski definition) is 4. The third-order valence-corrected chi connectivity index (χ3v) is 2.34. The fourth-order valence-electron chi connectivity index (χ4n) is 1.49. The van der Waals surface area contributed by atoms with Gasteiger partial charge in [-0.3, -0.25) is 0 Å². The van der Waals surface area contributed by atoms with Crippen LogP contribution in [-0.4, -0.2) is 27.9 Å². The normalized spacial score (nSPS) is 10.1. The van der Waals surface area contributed by atoms with Crippen LogP contribution in [0.15, 0.2) is 36.4 Å². The lowest BCUT2D eigenvalue weighted by atomic mass is 10.1. The van der Waals surface area contributed by atoms with Crippen LogP contribution in [0, 0.1) is 0 Å². The molecule has 0 atom stereocenters. The lowest BCUT2D eigenvalue weighted by molar-refractivity contribution is 0.0689. The molecule has 0 saturated heterocycles. The Hall–Kier alpha value is -2.43. The van der Waals surface area contributed by atoms with Gasteiger partial charge in [-0.05, 0) is 43.3 Å². The summed E-state index contributed by atoms with van der Waals surface area (Å²) in [5.41, 5.74) is 1.43. The van der Waals surface area contributed by atoms with Gasteiger partial charge in [0.2, 0.25) is 0 Å². The summed E-state index contributed by atoms with van der Waals surface area (Å²) in [5.74, 6) is -0.294. The van der Waals surface area contributed by atoms with E-state index in [4.69, 9.17) is 9.84 Å². The molecular formula is C13H12N2O3. The third-order valence-electron chi connectivity index (χ3n) is 2.34. The van der Waals surface area contributed by atoms with Crippen molar-refractivity contribution in [2.45, 2.75) is 6.92 Å². The van der Waals surface area contributed by atoms with Gasteiger partial charge in [-0.1, -0.05) is 0 Å². The molecule has 0 saturated carbocycles. The summed E-state index contributed by atoms with van der Waals surface area (Å²) in [5, 5.41) is 16.2. The fraction of sp³-hybridized carbons (Fsp3) is 0.154. The summed E-state index contributed by atoms with van der Waals surface area (Å²) >= 11 is 0. The van der Waals surface area contributed by atoms with Gasteiger partial charge in [0.25, 0.3) is 0 Å². The maximum Gasteiger partial charge on any atom is 0.356 e. The number of carboxylic acids is 1. The molecular weight excluding hydrogens is 232 g/mol. The Labute approximate surface area is 104 Å². The van der Waals surface area contributed by atoms with E-state index in [1.165, 1.54) is 6.07 Å². The van der Waals surface area contributed by atoms with Crippen molar-refractivity contribution in [3.63, 3.8) is 0 Å². The quantitative estimate of drug-likeness (QED) is 0.892. The molecule has 2 rings (SSSR count). The first kappa shape index (κ1) is 12.0. The number of nitrogens with zero attached hydrogens (tertiary/aromatic N) is 2. The first-order valence-corrected chi connectivity index (χ1v) is 5.51. The summed E-state index contributed by atoms with van der Waals surface area (Å²) < 4.78 is 5.33. The molecule has 2 aromatic rings. The molecule has 5 heteroatoms. The Bertz CT molecular complexity index is 535. The number of rotatable bonds is 4. The van der Waals surface area contributed by atoms with Gasteiger partial charge in [0.1, 0.15) is 5.75 Å². The fourth-order valence-corrected chi connectivity index (χ4v) is 1.49. The van der Waals surface area contributed by atoms with Crippen LogP contribution >= 0.6 is 0 Å². The van der Waals surface area contributed by atoms with E-state index < -0.39 is 5.97 Å². The lowest BCUT2D eigenvalue weighted by Gasteiger charge is -2.04. The molecule has 92 valence electrons. The molecule has 0 bridgehead atoms. The molecule has 1 aromatic heterocycles. The minimum atomic E-state index is -1.08. The smallest absolute Gasteiger partial charge is 0.356 e. The van der Waals surface area contributed by atoms with E-state index in [0.717, 1.165) is 11.3 Å². The molecule has 0 unspecified atom stereocenters. The van der Waals surface area contributed by atoms with Crippen molar-refractivity contribution in [1.82, 2.24) is 10.2 Å². The van der Waals surface area contributed by atoms with Gasteiger partial charge in [-0.25, -0.2) is 4.79 Å². The first-order valence-electron chi connectivity index (χ1n) is 5.51. The Balaban J connectivity index is 2.23. The van der Waals surface area contributed by atoms with Gasteiger partial charge in [0.05, 0.1) is 12.3 Å². The lowest BCUT2D eigenvalue weighted by Crippen LogP contribution is -2.01. The highest BCUT2D eigenvalue weighted by Gasteiger charge is 2.06. The number of carbonyl (C=O) groups is 1. The van der Waals surface area contributed by atoms with E-state index in [2.05, 4.69) is 10.2 Å². The van der Waals surface area contributed by atoms with Gasteiger partial charge in [0.15, 0.2) is 5.69 Å². The van der Waals surface area contributed by atoms with Gasteiger partial charge in [-0.2, -0.15) is 0 Å². The molecule has 5 nitrogen and oxygen atoms in total. The average molecular weight is 244 g/mol. The largest absolute Gasteiger partial charge is 0.494 e. The van der Waals surface area contributed by atoms with Crippen molar-refractivity contribution >= 4 is 5.97 Å². The molecule has 0 aliphatic carbocycles. The molecule has 1 N–H and O–H groups in total. The van der Waals surface area contributed by atoms with Crippen LogP contribution < -0.4 is 4.74 Å². The molecule has 0 aliphatic rings. The molecule has 18 heavy (non-hydrogen) atoms. The Morgan fingerprint density at radius 2 is 1.89 bits per heavy atom. The van der Waals surface area contributed by atoms with Crippen LogP contribution in [0.5, 0.6) is 5.75 Å². The van der Waals surface area contributed by atoms with E-state index in [-0.39, 0.29) is 5.69 Å². The molecule has 0 fully saturated rings. The highest BCUT2D eigenvalue weighted by Crippen LogP contribution is 2.20. The zero-order chi connectivity index (χ0) is 13.0. The molecule has 0 radical (unpaired) electrons.